The number of nitrogens with one attached hydrogen (secondary N) is 1. The van der Waals surface area contributed by atoms with Gasteiger partial charge in [-0.3, -0.25) is 9.20 Å². The minimum atomic E-state index is 0.121. The van der Waals surface area contributed by atoms with Gasteiger partial charge >= 0.3 is 0 Å². The minimum absolute atomic E-state index is 0.121. The van der Waals surface area contributed by atoms with Gasteiger partial charge in [-0.25, -0.2) is 4.98 Å². The van der Waals surface area contributed by atoms with E-state index in [4.69, 9.17) is 4.98 Å². The number of thiazole rings is 1. The van der Waals surface area contributed by atoms with Crippen LogP contribution in [0.25, 0.3) is 16.2 Å². The van der Waals surface area contributed by atoms with E-state index < -0.39 is 0 Å². The van der Waals surface area contributed by atoms with Crippen LogP contribution in [-0.2, 0) is 17.6 Å². The third-order valence-electron chi connectivity index (χ3n) is 5.74. The fraction of sp³-hybridized carbons (Fsp3) is 0.455. The maximum absolute atomic E-state index is 12.6. The molecule has 0 bridgehead atoms. The Bertz CT molecular complexity index is 925. The Morgan fingerprint density at radius 2 is 2.04 bits per heavy atom. The van der Waals surface area contributed by atoms with Crippen LogP contribution < -0.4 is 5.32 Å². The van der Waals surface area contributed by atoms with E-state index in [-0.39, 0.29) is 5.91 Å². The second-order valence-corrected chi connectivity index (χ2v) is 8.51. The van der Waals surface area contributed by atoms with Gasteiger partial charge in [0.2, 0.25) is 5.91 Å². The fourth-order valence-corrected chi connectivity index (χ4v) is 4.83. The van der Waals surface area contributed by atoms with E-state index in [1.807, 2.05) is 0 Å². The van der Waals surface area contributed by atoms with Gasteiger partial charge in [0.25, 0.3) is 0 Å². The van der Waals surface area contributed by atoms with Crippen molar-refractivity contribution in [2.75, 3.05) is 0 Å². The third-order valence-corrected chi connectivity index (χ3v) is 6.63. The molecule has 2 aromatic heterocycles. The van der Waals surface area contributed by atoms with E-state index >= 15 is 0 Å². The van der Waals surface area contributed by atoms with Gasteiger partial charge < -0.3 is 5.32 Å². The Morgan fingerprint density at radius 3 is 2.78 bits per heavy atom. The molecule has 1 saturated carbocycles. The SMILES string of the molecule is CCc1ccc(-c2cn3c(CC(=O)NC4CCCCC4C)csc3n2)cc1. The Labute approximate surface area is 164 Å². The van der Waals surface area contributed by atoms with Crippen molar-refractivity contribution < 1.29 is 4.79 Å². The molecule has 0 spiro atoms. The van der Waals surface area contributed by atoms with Crippen LogP contribution in [0.1, 0.15) is 50.8 Å². The molecule has 4 rings (SSSR count). The van der Waals surface area contributed by atoms with Crippen LogP contribution in [0.2, 0.25) is 0 Å². The number of aryl methyl sites for hydroxylation is 1. The second-order valence-electron chi connectivity index (χ2n) is 7.67. The van der Waals surface area contributed by atoms with Crippen LogP contribution in [0.4, 0.5) is 0 Å². The molecule has 1 aromatic carbocycles. The first kappa shape index (κ1) is 18.2. The van der Waals surface area contributed by atoms with Crippen molar-refractivity contribution in [2.24, 2.45) is 5.92 Å². The number of hydrogen-bond acceptors (Lipinski definition) is 3. The summed E-state index contributed by atoms with van der Waals surface area (Å²) in [5.74, 6) is 0.701. The number of carbonyl (C=O) groups is 1. The number of nitrogens with zero attached hydrogens (tertiary/aromatic N) is 2. The fourth-order valence-electron chi connectivity index (χ4n) is 3.96. The topological polar surface area (TPSA) is 46.4 Å². The Hall–Kier alpha value is -2.14. The van der Waals surface area contributed by atoms with Crippen molar-refractivity contribution in [2.45, 2.75) is 58.4 Å². The zero-order chi connectivity index (χ0) is 18.8. The Balaban J connectivity index is 1.49. The zero-order valence-corrected chi connectivity index (χ0v) is 16.9. The Kier molecular flexibility index (Phi) is 5.30. The first-order valence-electron chi connectivity index (χ1n) is 9.98. The molecule has 2 unspecified atom stereocenters. The quantitative estimate of drug-likeness (QED) is 0.686. The van der Waals surface area contributed by atoms with Crippen molar-refractivity contribution in [1.29, 1.82) is 0 Å². The van der Waals surface area contributed by atoms with Crippen LogP contribution in [0.3, 0.4) is 0 Å². The van der Waals surface area contributed by atoms with Crippen LogP contribution >= 0.6 is 11.3 Å². The van der Waals surface area contributed by atoms with Crippen LogP contribution in [-0.4, -0.2) is 21.3 Å². The van der Waals surface area contributed by atoms with Gasteiger partial charge in [0, 0.05) is 28.9 Å². The highest BCUT2D eigenvalue weighted by molar-refractivity contribution is 7.15. The lowest BCUT2D eigenvalue weighted by Gasteiger charge is -2.29. The predicted octanol–water partition coefficient (Wildman–Crippen LogP) is 4.86. The number of benzene rings is 1. The summed E-state index contributed by atoms with van der Waals surface area (Å²) in [6, 6.07) is 8.89. The van der Waals surface area contributed by atoms with Crippen LogP contribution in [0, 0.1) is 5.92 Å². The lowest BCUT2D eigenvalue weighted by molar-refractivity contribution is -0.121. The standard InChI is InChI=1S/C22H27N3OS/c1-3-16-8-10-17(11-9-16)20-13-25-18(14-27-22(25)24-20)12-21(26)23-19-7-5-4-6-15(19)2/h8-11,13-15,19H,3-7,12H2,1-2H3,(H,23,26). The summed E-state index contributed by atoms with van der Waals surface area (Å²) in [7, 11) is 0. The molecule has 0 saturated heterocycles. The number of aromatic nitrogens is 2. The van der Waals surface area contributed by atoms with Crippen molar-refractivity contribution in [3.8, 4) is 11.3 Å². The van der Waals surface area contributed by atoms with Crippen molar-refractivity contribution in [1.82, 2.24) is 14.7 Å². The molecule has 5 heteroatoms. The lowest BCUT2D eigenvalue weighted by atomic mass is 9.86. The molecule has 0 radical (unpaired) electrons. The molecule has 1 aliphatic rings. The molecule has 3 aromatic rings. The molecular formula is C22H27N3OS. The number of hydrogen-bond donors (Lipinski definition) is 1. The second kappa shape index (κ2) is 7.85. The summed E-state index contributed by atoms with van der Waals surface area (Å²) in [5, 5.41) is 5.31. The van der Waals surface area contributed by atoms with Gasteiger partial charge in [-0.2, -0.15) is 0 Å². The summed E-state index contributed by atoms with van der Waals surface area (Å²) in [4.78, 5) is 18.3. The highest BCUT2D eigenvalue weighted by Gasteiger charge is 2.23. The molecule has 27 heavy (non-hydrogen) atoms. The molecule has 1 N–H and O–H groups in total. The molecule has 1 aliphatic carbocycles. The van der Waals surface area contributed by atoms with Gasteiger partial charge in [0.05, 0.1) is 12.1 Å². The highest BCUT2D eigenvalue weighted by atomic mass is 32.1. The van der Waals surface area contributed by atoms with Crippen molar-refractivity contribution in [3.63, 3.8) is 0 Å². The normalized spacial score (nSPS) is 20.1. The zero-order valence-electron chi connectivity index (χ0n) is 16.1. The summed E-state index contributed by atoms with van der Waals surface area (Å²) in [6.45, 7) is 4.41. The summed E-state index contributed by atoms with van der Waals surface area (Å²) in [5.41, 5.74) is 4.43. The van der Waals surface area contributed by atoms with E-state index in [1.165, 1.54) is 24.8 Å². The first-order valence-corrected chi connectivity index (χ1v) is 10.9. The number of amides is 1. The molecule has 1 fully saturated rings. The van der Waals surface area contributed by atoms with E-state index in [0.29, 0.717) is 18.4 Å². The van der Waals surface area contributed by atoms with E-state index in [2.05, 4.69) is 59.4 Å². The summed E-state index contributed by atoms with van der Waals surface area (Å²) in [6.07, 6.45) is 8.34. The monoisotopic (exact) mass is 381 g/mol. The number of rotatable bonds is 5. The maximum Gasteiger partial charge on any atom is 0.226 e. The van der Waals surface area contributed by atoms with Crippen LogP contribution in [0.5, 0.6) is 0 Å². The Morgan fingerprint density at radius 1 is 1.26 bits per heavy atom. The van der Waals surface area contributed by atoms with Gasteiger partial charge in [-0.05, 0) is 30.7 Å². The van der Waals surface area contributed by atoms with Crippen molar-refractivity contribution in [3.05, 3.63) is 47.1 Å². The van der Waals surface area contributed by atoms with Crippen molar-refractivity contribution >= 4 is 22.2 Å². The summed E-state index contributed by atoms with van der Waals surface area (Å²) >= 11 is 1.60. The smallest absolute Gasteiger partial charge is 0.226 e. The molecule has 142 valence electrons. The van der Waals surface area contributed by atoms with Gasteiger partial charge in [-0.1, -0.05) is 51.0 Å². The highest BCUT2D eigenvalue weighted by Crippen LogP contribution is 2.26. The average Bonchev–Trinajstić information content (AvgIpc) is 3.26. The molecule has 0 aliphatic heterocycles. The minimum Gasteiger partial charge on any atom is -0.353 e. The predicted molar refractivity (Wildman–Crippen MR) is 111 cm³/mol. The van der Waals surface area contributed by atoms with Crippen LogP contribution in [0.15, 0.2) is 35.8 Å². The molecule has 2 atom stereocenters. The lowest BCUT2D eigenvalue weighted by Crippen LogP contribution is -2.41. The maximum atomic E-state index is 12.6. The van der Waals surface area contributed by atoms with E-state index in [9.17, 15) is 4.79 Å². The number of imidazole rings is 1. The van der Waals surface area contributed by atoms with Gasteiger partial charge in [0.15, 0.2) is 4.96 Å². The number of fused-ring (bicyclic) bond motifs is 1. The largest absolute Gasteiger partial charge is 0.353 e. The van der Waals surface area contributed by atoms with E-state index in [0.717, 1.165) is 34.8 Å². The summed E-state index contributed by atoms with van der Waals surface area (Å²) < 4.78 is 2.07. The molecular weight excluding hydrogens is 354 g/mol. The van der Waals surface area contributed by atoms with Gasteiger partial charge in [0.1, 0.15) is 0 Å². The molecule has 1 amide bonds. The number of carbonyl (C=O) groups excluding carboxylic acids is 1. The van der Waals surface area contributed by atoms with Gasteiger partial charge in [-0.15, -0.1) is 11.3 Å². The molecule has 2 heterocycles. The molecule has 4 nitrogen and oxygen atoms in total. The third kappa shape index (κ3) is 3.93. The first-order chi connectivity index (χ1) is 13.1. The van der Waals surface area contributed by atoms with E-state index in [1.54, 1.807) is 11.3 Å². The average molecular weight is 382 g/mol.